The lowest BCUT2D eigenvalue weighted by Gasteiger charge is -2.23. The minimum Gasteiger partial charge on any atom is -0.493 e. The van der Waals surface area contributed by atoms with Crippen LogP contribution in [0.4, 0.5) is 5.69 Å². The average molecular weight is 619 g/mol. The summed E-state index contributed by atoms with van der Waals surface area (Å²) in [5.41, 5.74) is 12.8. The van der Waals surface area contributed by atoms with Gasteiger partial charge in [-0.25, -0.2) is 0 Å². The fourth-order valence-electron chi connectivity index (χ4n) is 5.82. The Balaban J connectivity index is 1.24. The third-order valence-electron chi connectivity index (χ3n) is 8.44. The van der Waals surface area contributed by atoms with Gasteiger partial charge in [0, 0.05) is 48.9 Å². The lowest BCUT2D eigenvalue weighted by atomic mass is 9.95. The van der Waals surface area contributed by atoms with Gasteiger partial charge in [0.2, 0.25) is 5.43 Å². The van der Waals surface area contributed by atoms with Gasteiger partial charge < -0.3 is 35.1 Å². The predicted molar refractivity (Wildman–Crippen MR) is 181 cm³/mol. The summed E-state index contributed by atoms with van der Waals surface area (Å²) in [6, 6.07) is 20.9. The van der Waals surface area contributed by atoms with Gasteiger partial charge in [-0.15, -0.1) is 0 Å². The summed E-state index contributed by atoms with van der Waals surface area (Å²) in [5.74, 6) is 1.15. The topological polar surface area (TPSA) is 117 Å². The van der Waals surface area contributed by atoms with Crippen LogP contribution in [0.25, 0.3) is 22.3 Å². The number of dihydropyridines is 1. The maximum absolute atomic E-state index is 13.6. The molecule has 46 heavy (non-hydrogen) atoms. The van der Waals surface area contributed by atoms with E-state index in [9.17, 15) is 9.59 Å². The number of nitrogens with one attached hydrogen (secondary N) is 2. The van der Waals surface area contributed by atoms with Crippen molar-refractivity contribution in [2.75, 3.05) is 32.8 Å². The summed E-state index contributed by atoms with van der Waals surface area (Å²) < 4.78 is 18.4. The number of pyridine rings is 1. The second kappa shape index (κ2) is 13.5. The second-order valence-electron chi connectivity index (χ2n) is 11.7. The molecule has 1 saturated heterocycles. The minimum absolute atomic E-state index is 0.0898. The van der Waals surface area contributed by atoms with Gasteiger partial charge in [0.1, 0.15) is 11.7 Å². The van der Waals surface area contributed by atoms with Crippen LogP contribution in [0.2, 0.25) is 0 Å². The highest BCUT2D eigenvalue weighted by molar-refractivity contribution is 6.04. The molecule has 2 aliphatic heterocycles. The number of anilines is 1. The van der Waals surface area contributed by atoms with Crippen molar-refractivity contribution >= 4 is 22.7 Å². The standard InChI is InChI=1S/C37H38N4O5/c1-23-4-6-26(7-5-23)31-20-41(19-24-14-15-46-22-24)21-32(35(31)42)37(43)40-29-11-8-25(9-12-29)30-16-28(18-39-36(30)38)27-10-13-33(44-2)34(17-27)45-3/h4-13,16-18,20-21,24,36,39H,14-15,19,22,38H2,1-3H3,(H,40,43). The van der Waals surface area contributed by atoms with Gasteiger partial charge in [0.15, 0.2) is 11.5 Å². The van der Waals surface area contributed by atoms with E-state index in [0.717, 1.165) is 46.4 Å². The van der Waals surface area contributed by atoms with Gasteiger partial charge in [0.25, 0.3) is 5.91 Å². The number of methoxy groups -OCH3 is 2. The van der Waals surface area contributed by atoms with E-state index >= 15 is 0 Å². The van der Waals surface area contributed by atoms with Crippen LogP contribution in [-0.2, 0) is 11.3 Å². The molecule has 0 spiro atoms. The third-order valence-corrected chi connectivity index (χ3v) is 8.44. The molecule has 2 unspecified atom stereocenters. The monoisotopic (exact) mass is 618 g/mol. The first-order chi connectivity index (χ1) is 22.3. The fourth-order valence-corrected chi connectivity index (χ4v) is 5.82. The van der Waals surface area contributed by atoms with Crippen molar-refractivity contribution in [1.82, 2.24) is 9.88 Å². The van der Waals surface area contributed by atoms with Crippen LogP contribution in [0.5, 0.6) is 11.5 Å². The van der Waals surface area contributed by atoms with Crippen LogP contribution in [0.3, 0.4) is 0 Å². The third kappa shape index (κ3) is 6.61. The Morgan fingerprint density at radius 2 is 1.70 bits per heavy atom. The Bertz CT molecular complexity index is 1850. The highest BCUT2D eigenvalue weighted by atomic mass is 16.5. The van der Waals surface area contributed by atoms with Crippen molar-refractivity contribution < 1.29 is 19.0 Å². The van der Waals surface area contributed by atoms with Crippen molar-refractivity contribution in [1.29, 1.82) is 0 Å². The highest BCUT2D eigenvalue weighted by Crippen LogP contribution is 2.33. The molecule has 4 N–H and O–H groups in total. The summed E-state index contributed by atoms with van der Waals surface area (Å²) >= 11 is 0. The molecule has 4 aromatic rings. The number of nitrogens with zero attached hydrogens (tertiary/aromatic N) is 1. The van der Waals surface area contributed by atoms with Crippen LogP contribution in [-0.4, -0.2) is 44.1 Å². The number of nitrogens with two attached hydrogens (primary N) is 1. The van der Waals surface area contributed by atoms with E-state index in [0.29, 0.717) is 41.8 Å². The number of rotatable bonds is 9. The number of hydrogen-bond donors (Lipinski definition) is 3. The first-order valence-corrected chi connectivity index (χ1v) is 15.3. The second-order valence-corrected chi connectivity index (χ2v) is 11.7. The lowest BCUT2D eigenvalue weighted by Crippen LogP contribution is -2.36. The molecule has 3 aromatic carbocycles. The van der Waals surface area contributed by atoms with Crippen LogP contribution >= 0.6 is 0 Å². The van der Waals surface area contributed by atoms with Crippen LogP contribution in [0.15, 0.2) is 96.2 Å². The number of amides is 1. The molecule has 0 radical (unpaired) electrons. The number of allylic oxidation sites excluding steroid dienone is 2. The molecular formula is C37H38N4O5. The maximum Gasteiger partial charge on any atom is 0.261 e. The zero-order chi connectivity index (χ0) is 32.2. The summed E-state index contributed by atoms with van der Waals surface area (Å²) in [6.45, 7) is 4.06. The van der Waals surface area contributed by atoms with E-state index in [2.05, 4.69) is 10.6 Å². The SMILES string of the molecule is COc1ccc(C2=CNC(N)C(c3ccc(NC(=O)c4cn(CC5CCOC5)cc(-c5ccc(C)cc5)c4=O)cc3)=C2)cc1OC. The molecule has 2 atom stereocenters. The molecule has 2 aliphatic rings. The van der Waals surface area contributed by atoms with E-state index in [1.54, 1.807) is 20.4 Å². The normalized spacial score (nSPS) is 17.5. The number of ether oxygens (including phenoxy) is 3. The zero-order valence-corrected chi connectivity index (χ0v) is 26.2. The largest absolute Gasteiger partial charge is 0.493 e. The first kappa shape index (κ1) is 30.9. The minimum atomic E-state index is -0.461. The predicted octanol–water partition coefficient (Wildman–Crippen LogP) is 5.44. The molecule has 9 heteroatoms. The van der Waals surface area contributed by atoms with Crippen molar-refractivity contribution in [3.05, 3.63) is 124 Å². The van der Waals surface area contributed by atoms with Crippen molar-refractivity contribution in [3.8, 4) is 22.6 Å². The number of carbonyl (C=O) groups is 1. The Morgan fingerprint density at radius 3 is 2.39 bits per heavy atom. The molecule has 6 rings (SSSR count). The van der Waals surface area contributed by atoms with E-state index in [1.165, 1.54) is 0 Å². The number of aromatic nitrogens is 1. The van der Waals surface area contributed by atoms with E-state index in [-0.39, 0.29) is 11.0 Å². The van der Waals surface area contributed by atoms with Crippen molar-refractivity contribution in [2.45, 2.75) is 26.1 Å². The van der Waals surface area contributed by atoms with Crippen molar-refractivity contribution in [2.24, 2.45) is 11.7 Å². The molecule has 1 aromatic heterocycles. The highest BCUT2D eigenvalue weighted by Gasteiger charge is 2.21. The fraction of sp³-hybridized carbons (Fsp3) is 0.243. The van der Waals surface area contributed by atoms with Gasteiger partial charge in [-0.2, -0.15) is 0 Å². The summed E-state index contributed by atoms with van der Waals surface area (Å²) in [4.78, 5) is 27.2. The molecule has 236 valence electrons. The summed E-state index contributed by atoms with van der Waals surface area (Å²) in [6.07, 6.45) is 7.93. The van der Waals surface area contributed by atoms with E-state index < -0.39 is 12.1 Å². The quantitative estimate of drug-likeness (QED) is 0.229. The molecule has 0 aliphatic carbocycles. The molecular weight excluding hydrogens is 580 g/mol. The number of hydrogen-bond acceptors (Lipinski definition) is 7. The van der Waals surface area contributed by atoms with Gasteiger partial charge in [-0.05, 0) is 71.5 Å². The van der Waals surface area contributed by atoms with Crippen LogP contribution in [0.1, 0.15) is 33.5 Å². The van der Waals surface area contributed by atoms with E-state index in [1.807, 2.05) is 96.7 Å². The maximum atomic E-state index is 13.6. The summed E-state index contributed by atoms with van der Waals surface area (Å²) in [7, 11) is 3.21. The Hall–Kier alpha value is -5.12. The molecule has 9 nitrogen and oxygen atoms in total. The first-order valence-electron chi connectivity index (χ1n) is 15.3. The smallest absolute Gasteiger partial charge is 0.261 e. The van der Waals surface area contributed by atoms with E-state index in [4.69, 9.17) is 19.9 Å². The average Bonchev–Trinajstić information content (AvgIpc) is 3.59. The zero-order valence-electron chi connectivity index (χ0n) is 26.2. The summed E-state index contributed by atoms with van der Waals surface area (Å²) in [5, 5.41) is 6.16. The molecule has 3 heterocycles. The Kier molecular flexibility index (Phi) is 9.05. The number of benzene rings is 3. The molecule has 0 saturated carbocycles. The number of carbonyl (C=O) groups excluding carboxylic acids is 1. The van der Waals surface area contributed by atoms with Crippen LogP contribution in [0, 0.1) is 12.8 Å². The molecule has 0 bridgehead atoms. The van der Waals surface area contributed by atoms with Gasteiger partial charge in [0.05, 0.1) is 20.8 Å². The Labute approximate surface area is 268 Å². The van der Waals surface area contributed by atoms with Crippen LogP contribution < -0.4 is 31.3 Å². The Morgan fingerprint density at radius 1 is 0.978 bits per heavy atom. The van der Waals surface area contributed by atoms with Gasteiger partial charge in [-0.3, -0.25) is 9.59 Å². The van der Waals surface area contributed by atoms with Crippen molar-refractivity contribution in [3.63, 3.8) is 0 Å². The van der Waals surface area contributed by atoms with Gasteiger partial charge >= 0.3 is 0 Å². The van der Waals surface area contributed by atoms with Gasteiger partial charge in [-0.1, -0.05) is 48.0 Å². The molecule has 1 fully saturated rings. The number of aryl methyl sites for hydroxylation is 1. The molecule has 1 amide bonds. The lowest BCUT2D eigenvalue weighted by molar-refractivity contribution is 0.102.